The summed E-state index contributed by atoms with van der Waals surface area (Å²) in [5.41, 5.74) is 0.677. The Balaban J connectivity index is 2.46. The number of aromatic nitrogens is 1. The number of nitrogens with zero attached hydrogens (tertiary/aromatic N) is 1. The van der Waals surface area contributed by atoms with E-state index in [1.54, 1.807) is 18.2 Å². The molecule has 0 radical (unpaired) electrons. The van der Waals surface area contributed by atoms with E-state index in [4.69, 9.17) is 4.74 Å². The molecule has 1 aromatic heterocycles. The first-order chi connectivity index (χ1) is 8.63. The molecule has 1 unspecified atom stereocenters. The van der Waals surface area contributed by atoms with Crippen molar-refractivity contribution in [3.63, 3.8) is 0 Å². The fourth-order valence-corrected chi connectivity index (χ4v) is 2.03. The van der Waals surface area contributed by atoms with Crippen LogP contribution >= 0.6 is 15.9 Å². The Labute approximate surface area is 112 Å². The number of benzene rings is 1. The Morgan fingerprint density at radius 3 is 2.78 bits per heavy atom. The van der Waals surface area contributed by atoms with Crippen LogP contribution in [0, 0.1) is 5.82 Å². The molecule has 0 saturated carbocycles. The number of hydrogen-bond acceptors (Lipinski definition) is 3. The number of methoxy groups -OCH3 is 1. The highest BCUT2D eigenvalue weighted by Gasteiger charge is 2.18. The van der Waals surface area contributed by atoms with Crippen molar-refractivity contribution >= 4 is 15.9 Å². The Morgan fingerprint density at radius 1 is 1.33 bits per heavy atom. The van der Waals surface area contributed by atoms with Crippen LogP contribution in [0.1, 0.15) is 17.2 Å². The Hall–Kier alpha value is -1.46. The molecular formula is C13H11BrFNO2. The quantitative estimate of drug-likeness (QED) is 0.947. The van der Waals surface area contributed by atoms with Crippen molar-refractivity contribution in [3.8, 4) is 5.75 Å². The molecule has 0 aliphatic carbocycles. The van der Waals surface area contributed by atoms with Crippen LogP contribution in [0.2, 0.25) is 0 Å². The van der Waals surface area contributed by atoms with E-state index >= 15 is 0 Å². The van der Waals surface area contributed by atoms with Crippen molar-refractivity contribution in [1.82, 2.24) is 4.98 Å². The van der Waals surface area contributed by atoms with Crippen LogP contribution < -0.4 is 4.74 Å². The van der Waals surface area contributed by atoms with Crippen molar-refractivity contribution in [2.75, 3.05) is 7.11 Å². The summed E-state index contributed by atoms with van der Waals surface area (Å²) in [6.07, 6.45) is 1.42. The summed E-state index contributed by atoms with van der Waals surface area (Å²) in [7, 11) is 1.50. The Kier molecular flexibility index (Phi) is 3.93. The maximum absolute atomic E-state index is 13.6. The van der Waals surface area contributed by atoms with Crippen LogP contribution in [-0.4, -0.2) is 17.2 Å². The van der Waals surface area contributed by atoms with E-state index in [2.05, 4.69) is 20.9 Å². The Bertz CT molecular complexity index is 562. The molecule has 94 valence electrons. The fourth-order valence-electron chi connectivity index (χ4n) is 1.69. The molecule has 0 bridgehead atoms. The van der Waals surface area contributed by atoms with E-state index < -0.39 is 11.9 Å². The second kappa shape index (κ2) is 5.46. The van der Waals surface area contributed by atoms with Crippen LogP contribution in [0.4, 0.5) is 4.39 Å². The molecule has 1 N–H and O–H groups in total. The van der Waals surface area contributed by atoms with Gasteiger partial charge in [-0.05, 0) is 18.2 Å². The lowest BCUT2D eigenvalue weighted by molar-refractivity contribution is 0.209. The van der Waals surface area contributed by atoms with Gasteiger partial charge in [0.1, 0.15) is 17.7 Å². The van der Waals surface area contributed by atoms with Crippen LogP contribution in [0.5, 0.6) is 5.75 Å². The smallest absolute Gasteiger partial charge is 0.147 e. The number of hydrogen-bond donors (Lipinski definition) is 1. The lowest BCUT2D eigenvalue weighted by Gasteiger charge is -2.15. The lowest BCUT2D eigenvalue weighted by atomic mass is 10.0. The molecule has 0 saturated heterocycles. The van der Waals surface area contributed by atoms with Crippen LogP contribution in [0.3, 0.4) is 0 Å². The molecule has 3 nitrogen and oxygen atoms in total. The highest BCUT2D eigenvalue weighted by molar-refractivity contribution is 9.10. The molecule has 1 atom stereocenters. The summed E-state index contributed by atoms with van der Waals surface area (Å²) in [5, 5.41) is 10.2. The van der Waals surface area contributed by atoms with E-state index in [9.17, 15) is 9.50 Å². The predicted molar refractivity (Wildman–Crippen MR) is 69.0 cm³/mol. The molecule has 1 aromatic carbocycles. The molecule has 0 spiro atoms. The summed E-state index contributed by atoms with van der Waals surface area (Å²) in [4.78, 5) is 3.65. The second-order valence-corrected chi connectivity index (χ2v) is 4.60. The van der Waals surface area contributed by atoms with Gasteiger partial charge in [0.05, 0.1) is 13.3 Å². The average Bonchev–Trinajstić information content (AvgIpc) is 2.38. The van der Waals surface area contributed by atoms with Crippen LogP contribution in [-0.2, 0) is 0 Å². The van der Waals surface area contributed by atoms with Gasteiger partial charge in [-0.3, -0.25) is 4.98 Å². The molecule has 5 heteroatoms. The minimum absolute atomic E-state index is 0.172. The van der Waals surface area contributed by atoms with Gasteiger partial charge in [0, 0.05) is 21.8 Å². The highest BCUT2D eigenvalue weighted by Crippen LogP contribution is 2.32. The van der Waals surface area contributed by atoms with Gasteiger partial charge in [-0.2, -0.15) is 0 Å². The van der Waals surface area contributed by atoms with Crippen molar-refractivity contribution in [3.05, 3.63) is 58.1 Å². The van der Waals surface area contributed by atoms with Gasteiger partial charge in [-0.25, -0.2) is 4.39 Å². The van der Waals surface area contributed by atoms with Gasteiger partial charge in [0.2, 0.25) is 0 Å². The topological polar surface area (TPSA) is 42.4 Å². The SMILES string of the molecule is COc1cc(Br)ccc1C(O)c1ccncc1F. The average molecular weight is 312 g/mol. The van der Waals surface area contributed by atoms with Crippen LogP contribution in [0.15, 0.2) is 41.1 Å². The molecule has 0 fully saturated rings. The van der Waals surface area contributed by atoms with E-state index in [1.807, 2.05) is 0 Å². The van der Waals surface area contributed by atoms with Gasteiger partial charge < -0.3 is 9.84 Å². The number of rotatable bonds is 3. The summed E-state index contributed by atoms with van der Waals surface area (Å²) >= 11 is 3.31. The first-order valence-electron chi connectivity index (χ1n) is 5.24. The van der Waals surface area contributed by atoms with Crippen molar-refractivity contribution in [2.45, 2.75) is 6.10 Å². The first-order valence-corrected chi connectivity index (χ1v) is 6.03. The van der Waals surface area contributed by atoms with E-state index in [0.29, 0.717) is 11.3 Å². The minimum atomic E-state index is -1.09. The van der Waals surface area contributed by atoms with Gasteiger partial charge >= 0.3 is 0 Å². The third-order valence-corrected chi connectivity index (χ3v) is 3.08. The van der Waals surface area contributed by atoms with Crippen molar-refractivity contribution in [2.24, 2.45) is 0 Å². The third kappa shape index (κ3) is 2.52. The maximum atomic E-state index is 13.6. The summed E-state index contributed by atoms with van der Waals surface area (Å²) in [6.45, 7) is 0. The standard InChI is InChI=1S/C13H11BrFNO2/c1-18-12-6-8(14)2-3-10(12)13(17)9-4-5-16-7-11(9)15/h2-7,13,17H,1H3. The largest absolute Gasteiger partial charge is 0.496 e. The number of aliphatic hydroxyl groups is 1. The molecule has 2 rings (SSSR count). The third-order valence-electron chi connectivity index (χ3n) is 2.59. The van der Waals surface area contributed by atoms with Crippen molar-refractivity contribution < 1.29 is 14.2 Å². The molecule has 1 heterocycles. The van der Waals surface area contributed by atoms with Gasteiger partial charge in [0.15, 0.2) is 0 Å². The number of pyridine rings is 1. The molecule has 2 aromatic rings. The monoisotopic (exact) mass is 311 g/mol. The number of halogens is 2. The molecular weight excluding hydrogens is 301 g/mol. The number of aliphatic hydroxyl groups excluding tert-OH is 1. The zero-order valence-corrected chi connectivity index (χ0v) is 11.2. The van der Waals surface area contributed by atoms with E-state index in [1.165, 1.54) is 19.4 Å². The fraction of sp³-hybridized carbons (Fsp3) is 0.154. The maximum Gasteiger partial charge on any atom is 0.147 e. The van der Waals surface area contributed by atoms with Gasteiger partial charge in [-0.1, -0.05) is 22.0 Å². The van der Waals surface area contributed by atoms with Gasteiger partial charge in [-0.15, -0.1) is 0 Å². The summed E-state index contributed by atoms with van der Waals surface area (Å²) in [6, 6.07) is 6.62. The zero-order valence-electron chi connectivity index (χ0n) is 9.60. The van der Waals surface area contributed by atoms with E-state index in [-0.39, 0.29) is 5.56 Å². The summed E-state index contributed by atoms with van der Waals surface area (Å²) < 4.78 is 19.6. The minimum Gasteiger partial charge on any atom is -0.496 e. The predicted octanol–water partition coefficient (Wildman–Crippen LogP) is 3.07. The first kappa shape index (κ1) is 13.0. The summed E-state index contributed by atoms with van der Waals surface area (Å²) in [5.74, 6) is -0.0527. The van der Waals surface area contributed by atoms with Crippen molar-refractivity contribution in [1.29, 1.82) is 0 Å². The zero-order chi connectivity index (χ0) is 13.1. The molecule has 0 amide bonds. The molecule has 18 heavy (non-hydrogen) atoms. The lowest BCUT2D eigenvalue weighted by Crippen LogP contribution is -2.05. The molecule has 0 aliphatic rings. The van der Waals surface area contributed by atoms with E-state index in [0.717, 1.165) is 10.7 Å². The molecule has 0 aliphatic heterocycles. The van der Waals surface area contributed by atoms with Gasteiger partial charge in [0.25, 0.3) is 0 Å². The second-order valence-electron chi connectivity index (χ2n) is 3.69. The Morgan fingerprint density at radius 2 is 2.11 bits per heavy atom. The number of ether oxygens (including phenoxy) is 1. The van der Waals surface area contributed by atoms with Crippen LogP contribution in [0.25, 0.3) is 0 Å². The normalized spacial score (nSPS) is 12.2. The highest BCUT2D eigenvalue weighted by atomic mass is 79.9.